The minimum atomic E-state index is -0.978. The summed E-state index contributed by atoms with van der Waals surface area (Å²) in [4.78, 5) is 83.9. The molecule has 0 atom stereocenters. The number of imide groups is 2. The number of halogens is 1. The van der Waals surface area contributed by atoms with E-state index >= 15 is 0 Å². The molecular weight excluding hydrogens is 906 g/mol. The fourth-order valence-electron chi connectivity index (χ4n) is 7.84. The average molecular weight is 952 g/mol. The van der Waals surface area contributed by atoms with Gasteiger partial charge in [-0.15, -0.1) is 12.8 Å². The van der Waals surface area contributed by atoms with Crippen molar-refractivity contribution in [2.75, 3.05) is 11.1 Å². The Hall–Kier alpha value is -8.71. The number of non-ortho nitro benzene ring substituents is 1. The maximum absolute atomic E-state index is 12.8. The van der Waals surface area contributed by atoms with Crippen LogP contribution in [0.3, 0.4) is 0 Å². The van der Waals surface area contributed by atoms with Crippen molar-refractivity contribution in [1.29, 1.82) is 0 Å². The molecule has 5 aromatic carbocycles. The Morgan fingerprint density at radius 3 is 1.68 bits per heavy atom. The number of amides is 8. The second kappa shape index (κ2) is 22.2. The van der Waals surface area contributed by atoms with Crippen LogP contribution in [-0.2, 0) is 22.7 Å². The monoisotopic (exact) mass is 951 g/mol. The van der Waals surface area contributed by atoms with E-state index in [1.807, 2.05) is 72.8 Å². The number of hydrogen-bond donors (Lipinski definition) is 6. The topological polar surface area (TPSA) is 261 Å². The molecule has 0 unspecified atom stereocenters. The molecular formula is C50H46ClN9O9. The molecule has 0 radical (unpaired) electrons. The molecule has 18 nitrogen and oxygen atoms in total. The Morgan fingerprint density at radius 2 is 1.23 bits per heavy atom. The van der Waals surface area contributed by atoms with Crippen LogP contribution in [0.4, 0.5) is 36.2 Å². The van der Waals surface area contributed by atoms with Crippen molar-refractivity contribution < 1.29 is 38.4 Å². The fraction of sp³-hybridized carbons (Fsp3) is 0.200. The van der Waals surface area contributed by atoms with Crippen LogP contribution in [-0.4, -0.2) is 73.2 Å². The number of nitrogens with zero attached hydrogens (tertiary/aromatic N) is 3. The van der Waals surface area contributed by atoms with Gasteiger partial charge in [0.25, 0.3) is 17.5 Å². The number of rotatable bonds is 8. The molecule has 4 aliphatic rings. The number of urea groups is 3. The highest BCUT2D eigenvalue weighted by atomic mass is 35.5. The number of benzene rings is 5. The van der Waals surface area contributed by atoms with Crippen molar-refractivity contribution in [3.05, 3.63) is 166 Å². The van der Waals surface area contributed by atoms with Crippen molar-refractivity contribution in [3.8, 4) is 30.4 Å². The Labute approximate surface area is 401 Å². The van der Waals surface area contributed by atoms with E-state index in [0.29, 0.717) is 49.2 Å². The third-order valence-electron chi connectivity index (χ3n) is 11.2. The molecule has 2 saturated heterocycles. The largest absolute Gasteiger partial charge is 0.414 e. The van der Waals surface area contributed by atoms with Gasteiger partial charge in [0.15, 0.2) is 0 Å². The fourth-order valence-corrected chi connectivity index (χ4v) is 7.93. The van der Waals surface area contributed by atoms with E-state index < -0.39 is 27.5 Å². The summed E-state index contributed by atoms with van der Waals surface area (Å²) in [5.74, 6) is 4.79. The predicted octanol–water partition coefficient (Wildman–Crippen LogP) is 6.62. The molecule has 2 spiro atoms. The third kappa shape index (κ3) is 12.8. The molecule has 9 rings (SSSR count). The van der Waals surface area contributed by atoms with Crippen LogP contribution in [0, 0.1) is 34.8 Å². The molecule has 4 fully saturated rings. The van der Waals surface area contributed by atoms with Crippen LogP contribution in [0.25, 0.3) is 0 Å². The van der Waals surface area contributed by atoms with Gasteiger partial charge >= 0.3 is 23.5 Å². The van der Waals surface area contributed by atoms with Crippen molar-refractivity contribution >= 4 is 64.0 Å². The molecule has 19 heteroatoms. The molecule has 5 aromatic rings. The third-order valence-corrected chi connectivity index (χ3v) is 11.3. The maximum Gasteiger partial charge on any atom is 0.409 e. The molecule has 2 aliphatic carbocycles. The van der Waals surface area contributed by atoms with Gasteiger partial charge in [-0.3, -0.25) is 29.5 Å². The molecule has 352 valence electrons. The van der Waals surface area contributed by atoms with Crippen LogP contribution in [0.5, 0.6) is 5.75 Å². The van der Waals surface area contributed by atoms with E-state index in [9.17, 15) is 38.9 Å². The van der Waals surface area contributed by atoms with Gasteiger partial charge in [-0.05, 0) is 72.5 Å². The summed E-state index contributed by atoms with van der Waals surface area (Å²) in [5.41, 5.74) is 13.1. The van der Waals surface area contributed by atoms with E-state index in [0.717, 1.165) is 16.7 Å². The predicted molar refractivity (Wildman–Crippen MR) is 257 cm³/mol. The molecule has 0 bridgehead atoms. The number of nitrogens with one attached hydrogen (secondary N) is 4. The number of nitrogen functional groups attached to an aromatic ring is 1. The standard InChI is InChI=1S/C22H20N4O3.C13H15N3O2.C8H7N.C7H4ClNO4/c1-2-15-9-6-10-17(11-15)23-20(28)24-18-12-22(13-18)19(27)26(21(29)25-22)14-16-7-4-3-5-8-16;14-10-6-13(7-10)11(17)16(12(18)15-13)8-9-4-2-1-3-5-9;1-2-7-4-3-5-8(9)6-7;8-7(10)13-6-3-1-5(2-4-6)9(11)12/h1,3-11,18H,12-14H2,(H,25,29)(H2,23,24,28);1-5,10H,6-8,14H2,(H,15,18);1,3-6H,9H2;1-4H. The molecule has 8 amide bonds. The van der Waals surface area contributed by atoms with E-state index in [1.54, 1.807) is 36.4 Å². The van der Waals surface area contributed by atoms with E-state index in [1.165, 1.54) is 34.1 Å². The second-order valence-electron chi connectivity index (χ2n) is 16.2. The van der Waals surface area contributed by atoms with Gasteiger partial charge in [0.1, 0.15) is 16.8 Å². The molecule has 69 heavy (non-hydrogen) atoms. The summed E-state index contributed by atoms with van der Waals surface area (Å²) < 4.78 is 4.45. The van der Waals surface area contributed by atoms with Gasteiger partial charge in [0.05, 0.1) is 18.0 Å². The Balaban J connectivity index is 0.000000166. The minimum absolute atomic E-state index is 0.0194. The maximum atomic E-state index is 12.8. The number of terminal acetylenes is 2. The van der Waals surface area contributed by atoms with Crippen LogP contribution < -0.4 is 37.5 Å². The first-order valence-corrected chi connectivity index (χ1v) is 21.6. The van der Waals surface area contributed by atoms with E-state index in [-0.39, 0.29) is 53.9 Å². The van der Waals surface area contributed by atoms with Gasteiger partial charge < -0.3 is 37.5 Å². The van der Waals surface area contributed by atoms with Gasteiger partial charge in [0, 0.05) is 71.2 Å². The summed E-state index contributed by atoms with van der Waals surface area (Å²) in [6.45, 7) is 0.555. The summed E-state index contributed by atoms with van der Waals surface area (Å²) in [5, 5.41) is 21.3. The summed E-state index contributed by atoms with van der Waals surface area (Å²) in [6.07, 6.45) is 12.3. The van der Waals surface area contributed by atoms with Crippen LogP contribution in [0.2, 0.25) is 0 Å². The van der Waals surface area contributed by atoms with E-state index in [4.69, 9.17) is 35.9 Å². The number of nitrogens with two attached hydrogens (primary N) is 2. The Bertz CT molecular complexity index is 2800. The molecule has 8 N–H and O–H groups in total. The highest BCUT2D eigenvalue weighted by Crippen LogP contribution is 2.39. The first-order chi connectivity index (χ1) is 33.0. The van der Waals surface area contributed by atoms with Gasteiger partial charge in [-0.1, -0.05) is 84.6 Å². The molecule has 2 heterocycles. The first-order valence-electron chi connectivity index (χ1n) is 21.2. The lowest BCUT2D eigenvalue weighted by molar-refractivity contribution is -0.384. The number of nitro groups is 1. The number of anilines is 2. The zero-order chi connectivity index (χ0) is 49.7. The SMILES string of the molecule is C#Cc1cccc(N)c1.C#Cc1cccc(NC(=O)NC2CC3(C2)NC(=O)N(Cc2ccccc2)C3=O)c1.NC1CC2(C1)NC(=O)N(Cc1ccccc1)C2=O.O=C(Cl)Oc1ccc([N+](=O)[O-])cc1. The van der Waals surface area contributed by atoms with Gasteiger partial charge in [-0.2, -0.15) is 0 Å². The number of carbonyl (C=O) groups is 6. The zero-order valence-electron chi connectivity index (χ0n) is 36.8. The lowest BCUT2D eigenvalue weighted by Crippen LogP contribution is -2.64. The smallest absolute Gasteiger partial charge is 0.409 e. The summed E-state index contributed by atoms with van der Waals surface area (Å²) >= 11 is 4.92. The van der Waals surface area contributed by atoms with Gasteiger partial charge in [0.2, 0.25) is 0 Å². The average Bonchev–Trinajstić information content (AvgIpc) is 3.70. The lowest BCUT2D eigenvalue weighted by Gasteiger charge is -2.42. The number of carbonyl (C=O) groups excluding carboxylic acids is 6. The molecule has 0 aromatic heterocycles. The number of nitro benzene ring substituents is 1. The van der Waals surface area contributed by atoms with Crippen molar-refractivity contribution in [1.82, 2.24) is 25.8 Å². The highest BCUT2D eigenvalue weighted by Gasteiger charge is 2.59. The molecule has 2 aliphatic heterocycles. The Morgan fingerprint density at radius 1 is 0.739 bits per heavy atom. The lowest BCUT2D eigenvalue weighted by atomic mass is 9.72. The van der Waals surface area contributed by atoms with Crippen LogP contribution >= 0.6 is 11.6 Å². The number of hydrogen-bond acceptors (Lipinski definition) is 11. The first kappa shape index (κ1) is 49.7. The molecule has 2 saturated carbocycles. The van der Waals surface area contributed by atoms with Crippen LogP contribution in [0.15, 0.2) is 133 Å². The summed E-state index contributed by atoms with van der Waals surface area (Å²) in [7, 11) is 0. The zero-order valence-corrected chi connectivity index (χ0v) is 37.6. The van der Waals surface area contributed by atoms with Crippen LogP contribution in [0.1, 0.15) is 47.9 Å². The van der Waals surface area contributed by atoms with E-state index in [2.05, 4.69) is 37.8 Å². The van der Waals surface area contributed by atoms with Crippen molar-refractivity contribution in [2.24, 2.45) is 5.73 Å². The second-order valence-corrected chi connectivity index (χ2v) is 16.5. The van der Waals surface area contributed by atoms with Crippen molar-refractivity contribution in [3.63, 3.8) is 0 Å². The number of ether oxygens (including phenoxy) is 1. The minimum Gasteiger partial charge on any atom is -0.414 e. The normalized spacial score (nSPS) is 20.3. The Kier molecular flexibility index (Phi) is 16.0. The van der Waals surface area contributed by atoms with Crippen molar-refractivity contribution in [2.45, 2.75) is 61.9 Å². The van der Waals surface area contributed by atoms with Gasteiger partial charge in [-0.25, -0.2) is 19.2 Å². The summed E-state index contributed by atoms with van der Waals surface area (Å²) in [6, 6.07) is 36.8. The highest BCUT2D eigenvalue weighted by molar-refractivity contribution is 6.61. The quantitative estimate of drug-likeness (QED) is 0.0240.